The lowest BCUT2D eigenvalue weighted by Crippen LogP contribution is -2.51. The summed E-state index contributed by atoms with van der Waals surface area (Å²) in [5, 5.41) is 3.58. The van der Waals surface area contributed by atoms with E-state index in [-0.39, 0.29) is 0 Å². The van der Waals surface area contributed by atoms with Crippen LogP contribution in [0.4, 0.5) is 0 Å². The molecule has 0 bridgehead atoms. The maximum Gasteiger partial charge on any atom is 0.0478 e. The molecule has 0 spiro atoms. The summed E-state index contributed by atoms with van der Waals surface area (Å²) >= 11 is 0. The Morgan fingerprint density at radius 3 is 2.29 bits per heavy atom. The van der Waals surface area contributed by atoms with Crippen molar-refractivity contribution in [2.75, 3.05) is 20.1 Å². The van der Waals surface area contributed by atoms with Gasteiger partial charge in [-0.25, -0.2) is 0 Å². The van der Waals surface area contributed by atoms with E-state index in [9.17, 15) is 0 Å². The molecule has 0 radical (unpaired) electrons. The monoisotopic (exact) mass is 288 g/mol. The Kier molecular flexibility index (Phi) is 5.83. The van der Waals surface area contributed by atoms with Gasteiger partial charge in [0.15, 0.2) is 0 Å². The lowest BCUT2D eigenvalue weighted by molar-refractivity contribution is 0.0537. The highest BCUT2D eigenvalue weighted by Crippen LogP contribution is 2.31. The maximum absolute atomic E-state index is 3.58. The number of rotatable bonds is 5. The highest BCUT2D eigenvalue weighted by molar-refractivity contribution is 5.21. The lowest BCUT2D eigenvalue weighted by atomic mass is 9.83. The van der Waals surface area contributed by atoms with Gasteiger partial charge in [0.05, 0.1) is 0 Å². The molecule has 2 heteroatoms. The van der Waals surface area contributed by atoms with E-state index in [2.05, 4.69) is 75.3 Å². The smallest absolute Gasteiger partial charge is 0.0478 e. The van der Waals surface area contributed by atoms with Gasteiger partial charge in [-0.3, -0.25) is 4.90 Å². The van der Waals surface area contributed by atoms with Crippen LogP contribution in [0.25, 0.3) is 0 Å². The number of likely N-dealkylation sites (N-methyl/N-ethyl adjacent to an activating group) is 1. The highest BCUT2D eigenvalue weighted by Gasteiger charge is 2.34. The molecule has 2 rings (SSSR count). The third kappa shape index (κ3) is 3.87. The van der Waals surface area contributed by atoms with Gasteiger partial charge in [-0.1, -0.05) is 58.0 Å². The van der Waals surface area contributed by atoms with Gasteiger partial charge < -0.3 is 5.32 Å². The molecule has 0 aromatic heterocycles. The molecule has 1 aliphatic heterocycles. The van der Waals surface area contributed by atoms with E-state index in [4.69, 9.17) is 0 Å². The first-order valence-corrected chi connectivity index (χ1v) is 8.50. The fourth-order valence-corrected chi connectivity index (χ4v) is 3.78. The van der Waals surface area contributed by atoms with Crippen LogP contribution in [0.3, 0.4) is 0 Å². The van der Waals surface area contributed by atoms with Crippen molar-refractivity contribution < 1.29 is 0 Å². The Balaban J connectivity index is 2.21. The van der Waals surface area contributed by atoms with E-state index in [1.807, 2.05) is 0 Å². The molecular formula is C19H32N2. The molecule has 1 fully saturated rings. The predicted molar refractivity (Wildman–Crippen MR) is 91.4 cm³/mol. The third-order valence-electron chi connectivity index (χ3n) is 5.28. The summed E-state index contributed by atoms with van der Waals surface area (Å²) in [7, 11) is 2.10. The van der Waals surface area contributed by atoms with Gasteiger partial charge in [0.1, 0.15) is 0 Å². The summed E-state index contributed by atoms with van der Waals surface area (Å²) in [5.41, 5.74) is 1.41. The van der Waals surface area contributed by atoms with Crippen molar-refractivity contribution in [2.45, 2.75) is 46.2 Å². The Bertz CT molecular complexity index is 415. The predicted octanol–water partition coefficient (Wildman–Crippen LogP) is 3.95. The Labute approximate surface area is 130 Å². The van der Waals surface area contributed by atoms with Crippen LogP contribution in [0.15, 0.2) is 30.3 Å². The van der Waals surface area contributed by atoms with E-state index in [1.54, 1.807) is 0 Å². The van der Waals surface area contributed by atoms with Crippen molar-refractivity contribution in [1.82, 2.24) is 10.2 Å². The van der Waals surface area contributed by atoms with Gasteiger partial charge in [-0.2, -0.15) is 0 Å². The number of piperidine rings is 1. The number of nitrogens with one attached hydrogen (secondary N) is 1. The molecule has 21 heavy (non-hydrogen) atoms. The molecule has 1 N–H and O–H groups in total. The number of likely N-dealkylation sites (tertiary alicyclic amines) is 1. The topological polar surface area (TPSA) is 15.3 Å². The normalized spacial score (nSPS) is 26.8. The largest absolute Gasteiger partial charge is 0.312 e. The lowest BCUT2D eigenvalue weighted by Gasteiger charge is -2.45. The minimum atomic E-state index is 0.409. The number of hydrogen-bond donors (Lipinski definition) is 1. The first-order valence-electron chi connectivity index (χ1n) is 8.50. The van der Waals surface area contributed by atoms with Gasteiger partial charge in [-0.15, -0.1) is 0 Å². The third-order valence-corrected chi connectivity index (χ3v) is 5.28. The van der Waals surface area contributed by atoms with E-state index in [0.29, 0.717) is 18.0 Å². The van der Waals surface area contributed by atoms with Crippen LogP contribution in [-0.4, -0.2) is 31.1 Å². The Morgan fingerprint density at radius 2 is 1.76 bits per heavy atom. The number of benzene rings is 1. The molecule has 2 nitrogen and oxygen atoms in total. The minimum Gasteiger partial charge on any atom is -0.312 e. The van der Waals surface area contributed by atoms with Gasteiger partial charge in [0.25, 0.3) is 0 Å². The molecule has 1 aliphatic rings. The number of nitrogens with zero attached hydrogens (tertiary/aromatic N) is 1. The first kappa shape index (κ1) is 16.5. The second kappa shape index (κ2) is 7.42. The molecule has 1 heterocycles. The van der Waals surface area contributed by atoms with Gasteiger partial charge in [0, 0.05) is 18.6 Å². The summed E-state index contributed by atoms with van der Waals surface area (Å²) < 4.78 is 0. The van der Waals surface area contributed by atoms with Crippen molar-refractivity contribution >= 4 is 0 Å². The summed E-state index contributed by atoms with van der Waals surface area (Å²) in [6.45, 7) is 12.0. The van der Waals surface area contributed by atoms with Crippen LogP contribution in [0.2, 0.25) is 0 Å². The molecule has 1 saturated heterocycles. The molecule has 118 valence electrons. The van der Waals surface area contributed by atoms with Crippen LogP contribution in [0, 0.1) is 17.8 Å². The molecule has 4 unspecified atom stereocenters. The van der Waals surface area contributed by atoms with Crippen molar-refractivity contribution in [1.29, 1.82) is 0 Å². The fourth-order valence-electron chi connectivity index (χ4n) is 3.78. The van der Waals surface area contributed by atoms with E-state index in [0.717, 1.165) is 11.8 Å². The van der Waals surface area contributed by atoms with Crippen LogP contribution in [0.5, 0.6) is 0 Å². The van der Waals surface area contributed by atoms with Crippen molar-refractivity contribution in [2.24, 2.45) is 17.8 Å². The molecule has 0 saturated carbocycles. The molecule has 1 aromatic carbocycles. The average Bonchev–Trinajstić information content (AvgIpc) is 2.48. The van der Waals surface area contributed by atoms with Crippen molar-refractivity contribution in [3.8, 4) is 0 Å². The quantitative estimate of drug-likeness (QED) is 0.882. The zero-order chi connectivity index (χ0) is 15.4. The molecule has 4 atom stereocenters. The van der Waals surface area contributed by atoms with Crippen LogP contribution < -0.4 is 5.32 Å². The standard InChI is InChI=1S/C19H32N2/c1-14(2)19(21-12-11-15(3)16(4)13-21)18(20-5)17-9-7-6-8-10-17/h6-10,14-16,18-20H,11-13H2,1-5H3. The van der Waals surface area contributed by atoms with Crippen LogP contribution >= 0.6 is 0 Å². The average molecular weight is 288 g/mol. The van der Waals surface area contributed by atoms with Crippen molar-refractivity contribution in [3.05, 3.63) is 35.9 Å². The Hall–Kier alpha value is -0.860. The van der Waals surface area contributed by atoms with E-state index in [1.165, 1.54) is 25.1 Å². The summed E-state index contributed by atoms with van der Waals surface area (Å²) in [4.78, 5) is 2.73. The number of hydrogen-bond acceptors (Lipinski definition) is 2. The zero-order valence-electron chi connectivity index (χ0n) is 14.3. The maximum atomic E-state index is 3.58. The highest BCUT2D eigenvalue weighted by atomic mass is 15.2. The van der Waals surface area contributed by atoms with E-state index >= 15 is 0 Å². The first-order chi connectivity index (χ1) is 10.0. The second-order valence-corrected chi connectivity index (χ2v) is 7.15. The SMILES string of the molecule is CNC(c1ccccc1)C(C(C)C)N1CCC(C)C(C)C1. The molecular weight excluding hydrogens is 256 g/mol. The zero-order valence-corrected chi connectivity index (χ0v) is 14.3. The molecule has 0 aliphatic carbocycles. The summed E-state index contributed by atoms with van der Waals surface area (Å²) in [6, 6.07) is 11.9. The second-order valence-electron chi connectivity index (χ2n) is 7.15. The Morgan fingerprint density at radius 1 is 1.10 bits per heavy atom. The van der Waals surface area contributed by atoms with Gasteiger partial charge in [-0.05, 0) is 43.3 Å². The fraction of sp³-hybridized carbons (Fsp3) is 0.684. The summed E-state index contributed by atoms with van der Waals surface area (Å²) in [6.07, 6.45) is 1.33. The van der Waals surface area contributed by atoms with Crippen LogP contribution in [0.1, 0.15) is 45.7 Å². The molecule has 0 amide bonds. The van der Waals surface area contributed by atoms with Gasteiger partial charge in [0.2, 0.25) is 0 Å². The summed E-state index contributed by atoms with van der Waals surface area (Å²) in [5.74, 6) is 2.30. The molecule has 1 aromatic rings. The van der Waals surface area contributed by atoms with Gasteiger partial charge >= 0.3 is 0 Å². The minimum absolute atomic E-state index is 0.409. The van der Waals surface area contributed by atoms with Crippen molar-refractivity contribution in [3.63, 3.8) is 0 Å². The van der Waals surface area contributed by atoms with E-state index < -0.39 is 0 Å². The van der Waals surface area contributed by atoms with Crippen LogP contribution in [-0.2, 0) is 0 Å².